The van der Waals surface area contributed by atoms with Gasteiger partial charge in [0.2, 0.25) is 5.69 Å². The Kier molecular flexibility index (Phi) is 3.94. The molecule has 0 unspecified atom stereocenters. The fourth-order valence-electron chi connectivity index (χ4n) is 2.61. The highest BCUT2D eigenvalue weighted by atomic mass is 19.4. The van der Waals surface area contributed by atoms with Gasteiger partial charge < -0.3 is 4.90 Å². The minimum atomic E-state index is -4.43. The maximum absolute atomic E-state index is 12.8. The molecular weight excluding hydrogens is 307 g/mol. The molecule has 5 nitrogen and oxygen atoms in total. The second-order valence-electron chi connectivity index (χ2n) is 5.37. The Bertz CT molecular complexity index is 738. The minimum Gasteiger partial charge on any atom is -0.353 e. The fourth-order valence-corrected chi connectivity index (χ4v) is 2.61. The van der Waals surface area contributed by atoms with Gasteiger partial charge >= 0.3 is 6.18 Å². The van der Waals surface area contributed by atoms with Gasteiger partial charge in [0, 0.05) is 13.1 Å². The molecule has 0 bridgehead atoms. The van der Waals surface area contributed by atoms with E-state index in [-0.39, 0.29) is 11.4 Å². The fraction of sp³-hybridized carbons (Fsp3) is 0.400. The minimum absolute atomic E-state index is 0.129. The van der Waals surface area contributed by atoms with Crippen LogP contribution in [0, 0.1) is 11.3 Å². The van der Waals surface area contributed by atoms with Crippen LogP contribution in [0.1, 0.15) is 30.5 Å². The maximum atomic E-state index is 12.8. The normalized spacial score (nSPS) is 15.5. The van der Waals surface area contributed by atoms with Crippen LogP contribution < -0.4 is 4.90 Å². The number of hydrogen-bond acceptors (Lipinski definition) is 4. The Labute approximate surface area is 130 Å². The van der Waals surface area contributed by atoms with Gasteiger partial charge in [-0.1, -0.05) is 6.07 Å². The van der Waals surface area contributed by atoms with Crippen molar-refractivity contribution in [2.45, 2.75) is 25.4 Å². The average Bonchev–Trinajstić information content (AvgIpc) is 2.99. The molecule has 23 heavy (non-hydrogen) atoms. The zero-order valence-electron chi connectivity index (χ0n) is 12.2. The largest absolute Gasteiger partial charge is 0.416 e. The first-order valence-corrected chi connectivity index (χ1v) is 7.29. The standard InChI is InChI=1S/C15H14F3N5/c16-15(17,18)11-5-4-6-12(9-11)23-20-13(10-19)14(21-23)22-7-2-1-3-8-22/h4-6,9H,1-3,7-8H2. The lowest BCUT2D eigenvalue weighted by atomic mass is 10.1. The van der Waals surface area contributed by atoms with Crippen molar-refractivity contribution in [1.29, 1.82) is 5.26 Å². The van der Waals surface area contributed by atoms with Crippen LogP contribution >= 0.6 is 0 Å². The van der Waals surface area contributed by atoms with E-state index in [0.717, 1.165) is 49.3 Å². The molecule has 120 valence electrons. The molecule has 1 saturated heterocycles. The highest BCUT2D eigenvalue weighted by Gasteiger charge is 2.31. The predicted molar refractivity (Wildman–Crippen MR) is 77.1 cm³/mol. The third-order valence-corrected chi connectivity index (χ3v) is 3.76. The molecule has 0 atom stereocenters. The van der Waals surface area contributed by atoms with Crippen molar-refractivity contribution >= 4 is 5.82 Å². The molecule has 8 heteroatoms. The average molecular weight is 321 g/mol. The third kappa shape index (κ3) is 3.13. The van der Waals surface area contributed by atoms with E-state index in [2.05, 4.69) is 10.2 Å². The van der Waals surface area contributed by atoms with Crippen molar-refractivity contribution in [3.05, 3.63) is 35.5 Å². The van der Waals surface area contributed by atoms with Gasteiger partial charge in [0.15, 0.2) is 5.82 Å². The molecule has 0 saturated carbocycles. The van der Waals surface area contributed by atoms with E-state index >= 15 is 0 Å². The zero-order chi connectivity index (χ0) is 16.4. The Morgan fingerprint density at radius 3 is 2.48 bits per heavy atom. The van der Waals surface area contributed by atoms with Gasteiger partial charge in [-0.25, -0.2) is 0 Å². The Balaban J connectivity index is 1.98. The van der Waals surface area contributed by atoms with Crippen molar-refractivity contribution in [1.82, 2.24) is 15.0 Å². The molecule has 2 aromatic rings. The van der Waals surface area contributed by atoms with E-state index in [1.807, 2.05) is 11.0 Å². The van der Waals surface area contributed by atoms with Crippen LogP contribution in [0.15, 0.2) is 24.3 Å². The molecule has 0 radical (unpaired) electrons. The lowest BCUT2D eigenvalue weighted by Gasteiger charge is -2.26. The van der Waals surface area contributed by atoms with E-state index in [1.54, 1.807) is 0 Å². The van der Waals surface area contributed by atoms with Gasteiger partial charge in [0.1, 0.15) is 6.07 Å². The molecule has 0 N–H and O–H groups in total. The number of benzene rings is 1. The molecule has 1 aliphatic rings. The number of hydrogen-bond donors (Lipinski definition) is 0. The number of alkyl halides is 3. The van der Waals surface area contributed by atoms with Crippen molar-refractivity contribution in [3.63, 3.8) is 0 Å². The number of piperidine rings is 1. The summed E-state index contributed by atoms with van der Waals surface area (Å²) < 4.78 is 38.4. The first-order valence-electron chi connectivity index (χ1n) is 7.29. The first-order chi connectivity index (χ1) is 11.0. The van der Waals surface area contributed by atoms with Crippen LogP contribution in [0.4, 0.5) is 19.0 Å². The summed E-state index contributed by atoms with van der Waals surface area (Å²) in [5.41, 5.74) is -0.464. The van der Waals surface area contributed by atoms with Crippen LogP contribution in [0.3, 0.4) is 0 Å². The van der Waals surface area contributed by atoms with Crippen LogP contribution in [0.2, 0.25) is 0 Å². The second-order valence-corrected chi connectivity index (χ2v) is 5.37. The summed E-state index contributed by atoms with van der Waals surface area (Å²) in [6, 6.07) is 6.71. The van der Waals surface area contributed by atoms with Gasteiger partial charge in [0.25, 0.3) is 0 Å². The summed E-state index contributed by atoms with van der Waals surface area (Å²) in [5.74, 6) is 0.435. The Morgan fingerprint density at radius 1 is 1.09 bits per heavy atom. The maximum Gasteiger partial charge on any atom is 0.416 e. The number of rotatable bonds is 2. The van der Waals surface area contributed by atoms with E-state index in [0.29, 0.717) is 5.82 Å². The number of aromatic nitrogens is 3. The van der Waals surface area contributed by atoms with E-state index < -0.39 is 11.7 Å². The second kappa shape index (κ2) is 5.91. The zero-order valence-corrected chi connectivity index (χ0v) is 12.2. The van der Waals surface area contributed by atoms with Crippen molar-refractivity contribution in [3.8, 4) is 11.8 Å². The van der Waals surface area contributed by atoms with E-state index in [4.69, 9.17) is 0 Å². The first kappa shape index (κ1) is 15.3. The summed E-state index contributed by atoms with van der Waals surface area (Å²) in [5, 5.41) is 17.5. The van der Waals surface area contributed by atoms with E-state index in [9.17, 15) is 18.4 Å². The summed E-state index contributed by atoms with van der Waals surface area (Å²) in [4.78, 5) is 3.05. The topological polar surface area (TPSA) is 57.7 Å². The summed E-state index contributed by atoms with van der Waals surface area (Å²) in [6.45, 7) is 1.55. The van der Waals surface area contributed by atoms with Gasteiger partial charge in [-0.05, 0) is 37.5 Å². The van der Waals surface area contributed by atoms with Gasteiger partial charge in [-0.3, -0.25) is 0 Å². The lowest BCUT2D eigenvalue weighted by molar-refractivity contribution is -0.137. The quantitative estimate of drug-likeness (QED) is 0.852. The Hall–Kier alpha value is -2.56. The summed E-state index contributed by atoms with van der Waals surface area (Å²) >= 11 is 0. The molecule has 1 aromatic heterocycles. The lowest BCUT2D eigenvalue weighted by Crippen LogP contribution is -2.30. The number of nitriles is 1. The SMILES string of the molecule is N#Cc1nn(-c2cccc(C(F)(F)F)c2)nc1N1CCCCC1. The van der Waals surface area contributed by atoms with Gasteiger partial charge in [-0.15, -0.1) is 15.0 Å². The van der Waals surface area contributed by atoms with Crippen LogP contribution in [0.25, 0.3) is 5.69 Å². The number of nitrogens with zero attached hydrogens (tertiary/aromatic N) is 5. The smallest absolute Gasteiger partial charge is 0.353 e. The highest BCUT2D eigenvalue weighted by Crippen LogP contribution is 2.30. The number of anilines is 1. The monoisotopic (exact) mass is 321 g/mol. The van der Waals surface area contributed by atoms with Crippen LogP contribution in [-0.2, 0) is 6.18 Å². The van der Waals surface area contributed by atoms with Crippen molar-refractivity contribution in [2.24, 2.45) is 0 Å². The molecule has 1 fully saturated rings. The Morgan fingerprint density at radius 2 is 1.83 bits per heavy atom. The predicted octanol–water partition coefficient (Wildman–Crippen LogP) is 3.15. The molecule has 1 aliphatic heterocycles. The highest BCUT2D eigenvalue weighted by molar-refractivity contribution is 5.50. The molecule has 0 amide bonds. The molecule has 0 aliphatic carbocycles. The molecule has 2 heterocycles. The molecule has 3 rings (SSSR count). The van der Waals surface area contributed by atoms with Crippen LogP contribution in [0.5, 0.6) is 0 Å². The van der Waals surface area contributed by atoms with E-state index in [1.165, 1.54) is 12.1 Å². The number of halogens is 3. The third-order valence-electron chi connectivity index (χ3n) is 3.76. The van der Waals surface area contributed by atoms with Crippen molar-refractivity contribution in [2.75, 3.05) is 18.0 Å². The van der Waals surface area contributed by atoms with Crippen LogP contribution in [-0.4, -0.2) is 28.1 Å². The summed E-state index contributed by atoms with van der Waals surface area (Å²) in [6.07, 6.45) is -1.31. The van der Waals surface area contributed by atoms with Crippen molar-refractivity contribution < 1.29 is 13.2 Å². The molecular formula is C15H14F3N5. The summed E-state index contributed by atoms with van der Waals surface area (Å²) in [7, 11) is 0. The molecule has 0 spiro atoms. The van der Waals surface area contributed by atoms with Gasteiger partial charge in [0.05, 0.1) is 11.3 Å². The van der Waals surface area contributed by atoms with Gasteiger partial charge in [-0.2, -0.15) is 18.4 Å². The molecule has 1 aromatic carbocycles.